The van der Waals surface area contributed by atoms with Crippen LogP contribution in [-0.2, 0) is 9.53 Å². The van der Waals surface area contributed by atoms with Crippen molar-refractivity contribution in [2.75, 3.05) is 31.6 Å². The van der Waals surface area contributed by atoms with Gasteiger partial charge in [-0.3, -0.25) is 4.79 Å². The second kappa shape index (κ2) is 9.24. The van der Waals surface area contributed by atoms with Gasteiger partial charge in [-0.25, -0.2) is 4.79 Å². The van der Waals surface area contributed by atoms with Crippen LogP contribution in [0.2, 0.25) is 5.02 Å². The molecule has 7 heteroatoms. The third kappa shape index (κ3) is 5.61. The van der Waals surface area contributed by atoms with Crippen molar-refractivity contribution in [2.24, 2.45) is 5.92 Å². The molecule has 0 aliphatic carbocycles. The van der Waals surface area contributed by atoms with Gasteiger partial charge in [0.25, 0.3) is 0 Å². The molecule has 3 amide bonds. The molecule has 1 aromatic carbocycles. The van der Waals surface area contributed by atoms with Gasteiger partial charge in [-0.05, 0) is 49.8 Å². The molecule has 0 saturated carbocycles. The monoisotopic (exact) mass is 379 g/mol. The highest BCUT2D eigenvalue weighted by molar-refractivity contribution is 6.30. The average Bonchev–Trinajstić information content (AvgIpc) is 3.14. The predicted octanol–water partition coefficient (Wildman–Crippen LogP) is 3.27. The van der Waals surface area contributed by atoms with Crippen molar-refractivity contribution in [3.8, 4) is 0 Å². The van der Waals surface area contributed by atoms with Crippen LogP contribution >= 0.6 is 11.6 Å². The van der Waals surface area contributed by atoms with E-state index in [0.717, 1.165) is 32.3 Å². The summed E-state index contributed by atoms with van der Waals surface area (Å²) in [6.07, 6.45) is 4.50. The number of ether oxygens (including phenoxy) is 1. The zero-order valence-corrected chi connectivity index (χ0v) is 15.6. The van der Waals surface area contributed by atoms with E-state index in [1.165, 1.54) is 0 Å². The summed E-state index contributed by atoms with van der Waals surface area (Å²) in [5.41, 5.74) is 0.693. The van der Waals surface area contributed by atoms with Gasteiger partial charge < -0.3 is 20.3 Å². The number of piperidine rings is 1. The highest BCUT2D eigenvalue weighted by Gasteiger charge is 2.25. The minimum Gasteiger partial charge on any atom is -0.376 e. The Morgan fingerprint density at radius 2 is 2.04 bits per heavy atom. The largest absolute Gasteiger partial charge is 0.376 e. The number of nitrogens with one attached hydrogen (secondary N) is 2. The Labute approximate surface area is 159 Å². The smallest absolute Gasteiger partial charge is 0.321 e. The number of carbonyl (C=O) groups excluding carboxylic acids is 2. The lowest BCUT2D eigenvalue weighted by molar-refractivity contribution is -0.122. The van der Waals surface area contributed by atoms with E-state index in [4.69, 9.17) is 16.3 Å². The van der Waals surface area contributed by atoms with Crippen molar-refractivity contribution in [3.63, 3.8) is 0 Å². The van der Waals surface area contributed by atoms with E-state index in [2.05, 4.69) is 10.6 Å². The van der Waals surface area contributed by atoms with Crippen LogP contribution in [0.3, 0.4) is 0 Å². The number of hydrogen-bond donors (Lipinski definition) is 2. The van der Waals surface area contributed by atoms with Crippen LogP contribution in [0.1, 0.15) is 32.1 Å². The Kier molecular flexibility index (Phi) is 6.74. The molecular formula is C19H26ClN3O3. The number of amides is 3. The van der Waals surface area contributed by atoms with Gasteiger partial charge in [-0.1, -0.05) is 17.7 Å². The van der Waals surface area contributed by atoms with Gasteiger partial charge in [-0.15, -0.1) is 0 Å². The van der Waals surface area contributed by atoms with Gasteiger partial charge in [-0.2, -0.15) is 0 Å². The van der Waals surface area contributed by atoms with Gasteiger partial charge in [0.1, 0.15) is 0 Å². The second-order valence-corrected chi connectivity index (χ2v) is 7.45. The summed E-state index contributed by atoms with van der Waals surface area (Å²) < 4.78 is 5.52. The Balaban J connectivity index is 1.36. The standard InChI is InChI=1S/C19H26ClN3O3/c20-15-3-1-4-16(12-15)22-19(25)23-8-6-14(7-9-23)11-18(24)21-13-17-5-2-10-26-17/h1,3-4,12,14,17H,2,5-11,13H2,(H,21,24)(H,22,25). The fourth-order valence-electron chi connectivity index (χ4n) is 3.48. The van der Waals surface area contributed by atoms with Crippen LogP contribution in [0.15, 0.2) is 24.3 Å². The zero-order valence-electron chi connectivity index (χ0n) is 14.9. The van der Waals surface area contributed by atoms with Crippen molar-refractivity contribution in [3.05, 3.63) is 29.3 Å². The maximum absolute atomic E-state index is 12.3. The number of carbonyl (C=O) groups is 2. The number of nitrogens with zero attached hydrogens (tertiary/aromatic N) is 1. The molecule has 1 unspecified atom stereocenters. The molecule has 2 aliphatic rings. The Morgan fingerprint density at radius 3 is 2.73 bits per heavy atom. The second-order valence-electron chi connectivity index (χ2n) is 7.01. The van der Waals surface area contributed by atoms with E-state index in [0.29, 0.717) is 42.7 Å². The molecule has 2 fully saturated rings. The van der Waals surface area contributed by atoms with Crippen molar-refractivity contribution in [1.82, 2.24) is 10.2 Å². The van der Waals surface area contributed by atoms with E-state index >= 15 is 0 Å². The van der Waals surface area contributed by atoms with E-state index in [9.17, 15) is 9.59 Å². The van der Waals surface area contributed by atoms with Crippen molar-refractivity contribution >= 4 is 29.2 Å². The summed E-state index contributed by atoms with van der Waals surface area (Å²) in [5, 5.41) is 6.44. The third-order valence-corrected chi connectivity index (χ3v) is 5.24. The molecular weight excluding hydrogens is 354 g/mol. The molecule has 2 saturated heterocycles. The SMILES string of the molecule is O=C(CC1CCN(C(=O)Nc2cccc(Cl)c2)CC1)NCC1CCCO1. The summed E-state index contributed by atoms with van der Waals surface area (Å²) in [6, 6.07) is 7.00. The molecule has 6 nitrogen and oxygen atoms in total. The van der Waals surface area contributed by atoms with Gasteiger partial charge in [0, 0.05) is 43.4 Å². The van der Waals surface area contributed by atoms with Gasteiger partial charge >= 0.3 is 6.03 Å². The predicted molar refractivity (Wildman–Crippen MR) is 101 cm³/mol. The lowest BCUT2D eigenvalue weighted by atomic mass is 9.93. The highest BCUT2D eigenvalue weighted by atomic mass is 35.5. The molecule has 142 valence electrons. The van der Waals surface area contributed by atoms with Crippen LogP contribution in [-0.4, -0.2) is 49.2 Å². The summed E-state index contributed by atoms with van der Waals surface area (Å²) in [4.78, 5) is 26.2. The number of anilines is 1. The first kappa shape index (κ1) is 19.0. The van der Waals surface area contributed by atoms with Crippen LogP contribution in [0.4, 0.5) is 10.5 Å². The van der Waals surface area contributed by atoms with Crippen LogP contribution in [0.5, 0.6) is 0 Å². The number of halogens is 1. The van der Waals surface area contributed by atoms with Gasteiger partial charge in [0.05, 0.1) is 6.10 Å². The third-order valence-electron chi connectivity index (χ3n) is 5.00. The molecule has 0 aromatic heterocycles. The Bertz CT molecular complexity index is 626. The van der Waals surface area contributed by atoms with E-state index in [-0.39, 0.29) is 18.0 Å². The maximum Gasteiger partial charge on any atom is 0.321 e. The molecule has 0 spiro atoms. The summed E-state index contributed by atoms with van der Waals surface area (Å²) in [7, 11) is 0. The lowest BCUT2D eigenvalue weighted by Crippen LogP contribution is -2.42. The lowest BCUT2D eigenvalue weighted by Gasteiger charge is -2.31. The highest BCUT2D eigenvalue weighted by Crippen LogP contribution is 2.22. The summed E-state index contributed by atoms with van der Waals surface area (Å²) >= 11 is 5.94. The summed E-state index contributed by atoms with van der Waals surface area (Å²) in [6.45, 7) is 2.74. The Hall–Kier alpha value is -1.79. The molecule has 2 heterocycles. The van der Waals surface area contributed by atoms with Gasteiger partial charge in [0.2, 0.25) is 5.91 Å². The van der Waals surface area contributed by atoms with Crippen LogP contribution in [0, 0.1) is 5.92 Å². The van der Waals surface area contributed by atoms with E-state index in [1.54, 1.807) is 23.1 Å². The van der Waals surface area contributed by atoms with Crippen molar-refractivity contribution in [2.45, 2.75) is 38.2 Å². The number of likely N-dealkylation sites (tertiary alicyclic amines) is 1. The first-order valence-electron chi connectivity index (χ1n) is 9.30. The molecule has 26 heavy (non-hydrogen) atoms. The van der Waals surface area contributed by atoms with Crippen LogP contribution < -0.4 is 10.6 Å². The topological polar surface area (TPSA) is 70.7 Å². The fraction of sp³-hybridized carbons (Fsp3) is 0.579. The zero-order chi connectivity index (χ0) is 18.4. The maximum atomic E-state index is 12.3. The molecule has 2 N–H and O–H groups in total. The van der Waals surface area contributed by atoms with Crippen molar-refractivity contribution in [1.29, 1.82) is 0 Å². The fourth-order valence-corrected chi connectivity index (χ4v) is 3.67. The number of urea groups is 1. The number of benzene rings is 1. The van der Waals surface area contributed by atoms with E-state index in [1.807, 2.05) is 6.07 Å². The molecule has 0 bridgehead atoms. The minimum absolute atomic E-state index is 0.0855. The van der Waals surface area contributed by atoms with Gasteiger partial charge in [0.15, 0.2) is 0 Å². The Morgan fingerprint density at radius 1 is 1.23 bits per heavy atom. The number of rotatable bonds is 5. The number of hydrogen-bond acceptors (Lipinski definition) is 3. The molecule has 1 atom stereocenters. The quantitative estimate of drug-likeness (QED) is 0.824. The van der Waals surface area contributed by atoms with Crippen LogP contribution in [0.25, 0.3) is 0 Å². The van der Waals surface area contributed by atoms with E-state index < -0.39 is 0 Å². The summed E-state index contributed by atoms with van der Waals surface area (Å²) in [5.74, 6) is 0.414. The average molecular weight is 380 g/mol. The minimum atomic E-state index is -0.117. The molecule has 3 rings (SSSR count). The normalized spacial score (nSPS) is 20.8. The molecule has 1 aromatic rings. The first-order valence-corrected chi connectivity index (χ1v) is 9.68. The first-order chi connectivity index (χ1) is 12.6. The van der Waals surface area contributed by atoms with Crippen molar-refractivity contribution < 1.29 is 14.3 Å². The molecule has 0 radical (unpaired) electrons. The molecule has 2 aliphatic heterocycles.